The molecule has 192 valence electrons. The summed E-state index contributed by atoms with van der Waals surface area (Å²) in [6.07, 6.45) is -3.03. The van der Waals surface area contributed by atoms with Crippen LogP contribution in [0.15, 0.2) is 66.9 Å². The number of carbonyl (C=O) groups is 2. The van der Waals surface area contributed by atoms with E-state index in [1.165, 1.54) is 6.07 Å². The number of H-pyrrole nitrogens is 1. The number of hydrogen-bond acceptors (Lipinski definition) is 3. The summed E-state index contributed by atoms with van der Waals surface area (Å²) in [4.78, 5) is 27.9. The second-order valence-electron chi connectivity index (χ2n) is 9.05. The van der Waals surface area contributed by atoms with Crippen LogP contribution in [-0.4, -0.2) is 21.9 Å². The molecule has 0 bridgehead atoms. The molecule has 1 aromatic heterocycles. The van der Waals surface area contributed by atoms with E-state index in [9.17, 15) is 27.9 Å². The van der Waals surface area contributed by atoms with E-state index >= 15 is 0 Å². The normalized spacial score (nSPS) is 12.0. The maximum atomic E-state index is 12.9. The maximum absolute atomic E-state index is 12.9. The van der Waals surface area contributed by atoms with Crippen molar-refractivity contribution < 1.29 is 27.9 Å². The minimum absolute atomic E-state index is 0.181. The molecule has 0 spiro atoms. The van der Waals surface area contributed by atoms with Gasteiger partial charge in [0, 0.05) is 23.6 Å². The van der Waals surface area contributed by atoms with Crippen LogP contribution in [0.5, 0.6) is 0 Å². The molecule has 0 radical (unpaired) electrons. The van der Waals surface area contributed by atoms with Crippen LogP contribution in [0.4, 0.5) is 18.9 Å². The van der Waals surface area contributed by atoms with Crippen LogP contribution in [0.2, 0.25) is 5.02 Å². The van der Waals surface area contributed by atoms with Gasteiger partial charge in [-0.3, -0.25) is 9.59 Å². The average molecular weight is 530 g/mol. The lowest BCUT2D eigenvalue weighted by molar-refractivity contribution is -0.137. The Morgan fingerprint density at radius 2 is 1.70 bits per heavy atom. The van der Waals surface area contributed by atoms with E-state index in [0.29, 0.717) is 16.6 Å². The van der Waals surface area contributed by atoms with E-state index in [1.807, 2.05) is 42.5 Å². The molecule has 6 nitrogen and oxygen atoms in total. The number of alkyl halides is 3. The minimum Gasteiger partial charge on any atom is -0.386 e. The number of amides is 2. The first-order chi connectivity index (χ1) is 17.3. The monoisotopic (exact) mass is 529 g/mol. The Morgan fingerprint density at radius 3 is 2.38 bits per heavy atom. The molecule has 0 saturated heterocycles. The summed E-state index contributed by atoms with van der Waals surface area (Å²) in [6.45, 7) is 3.22. The van der Waals surface area contributed by atoms with Gasteiger partial charge in [0.15, 0.2) is 0 Å². The summed E-state index contributed by atoms with van der Waals surface area (Å²) in [5.41, 5.74) is 1.90. The van der Waals surface area contributed by atoms with E-state index in [1.54, 1.807) is 20.0 Å². The minimum atomic E-state index is -4.59. The molecular weight excluding hydrogens is 507 g/mol. The summed E-state index contributed by atoms with van der Waals surface area (Å²) in [6, 6.07) is 16.2. The first-order valence-electron chi connectivity index (χ1n) is 11.2. The third kappa shape index (κ3) is 5.95. The molecule has 0 fully saturated rings. The Balaban J connectivity index is 1.47. The van der Waals surface area contributed by atoms with Gasteiger partial charge in [-0.2, -0.15) is 13.2 Å². The molecule has 2 amide bonds. The topological polar surface area (TPSA) is 94.2 Å². The van der Waals surface area contributed by atoms with Crippen LogP contribution in [-0.2, 0) is 27.9 Å². The molecule has 4 rings (SSSR count). The van der Waals surface area contributed by atoms with Crippen LogP contribution in [0.25, 0.3) is 22.0 Å². The number of aliphatic hydroxyl groups is 1. The SMILES string of the molecule is CC(C)(O)c1cccc(-c2ccc3[nH]cc(NC(=O)C(=O)NCc4ccc(C(F)(F)F)c(Cl)c4)c3c2)c1. The number of benzene rings is 3. The van der Waals surface area contributed by atoms with Gasteiger partial charge in [0.2, 0.25) is 0 Å². The molecule has 0 aliphatic carbocycles. The molecule has 1 heterocycles. The Morgan fingerprint density at radius 1 is 0.973 bits per heavy atom. The van der Waals surface area contributed by atoms with Crippen LogP contribution >= 0.6 is 11.6 Å². The summed E-state index contributed by atoms with van der Waals surface area (Å²) in [7, 11) is 0. The molecule has 0 aliphatic rings. The van der Waals surface area contributed by atoms with Crippen molar-refractivity contribution in [3.8, 4) is 11.1 Å². The molecule has 37 heavy (non-hydrogen) atoms. The second-order valence-corrected chi connectivity index (χ2v) is 9.46. The number of halogens is 4. The highest BCUT2D eigenvalue weighted by Crippen LogP contribution is 2.35. The number of nitrogens with one attached hydrogen (secondary N) is 3. The molecular formula is C27H23ClF3N3O3. The number of fused-ring (bicyclic) bond motifs is 1. The number of rotatable bonds is 5. The van der Waals surface area contributed by atoms with Crippen molar-refractivity contribution in [2.24, 2.45) is 0 Å². The van der Waals surface area contributed by atoms with E-state index in [4.69, 9.17) is 11.6 Å². The fourth-order valence-corrected chi connectivity index (χ4v) is 4.13. The number of carbonyl (C=O) groups excluding carboxylic acids is 2. The maximum Gasteiger partial charge on any atom is 0.417 e. The van der Waals surface area contributed by atoms with Gasteiger partial charge in [-0.15, -0.1) is 0 Å². The summed E-state index contributed by atoms with van der Waals surface area (Å²) < 4.78 is 38.6. The van der Waals surface area contributed by atoms with Gasteiger partial charge in [-0.1, -0.05) is 41.9 Å². The van der Waals surface area contributed by atoms with Crippen molar-refractivity contribution in [1.82, 2.24) is 10.3 Å². The molecule has 10 heteroatoms. The smallest absolute Gasteiger partial charge is 0.386 e. The number of anilines is 1. The van der Waals surface area contributed by atoms with Gasteiger partial charge in [-0.25, -0.2) is 0 Å². The van der Waals surface area contributed by atoms with E-state index in [2.05, 4.69) is 15.6 Å². The first-order valence-corrected chi connectivity index (χ1v) is 11.6. The highest BCUT2D eigenvalue weighted by molar-refractivity contribution is 6.40. The fraction of sp³-hybridized carbons (Fsp3) is 0.185. The van der Waals surface area contributed by atoms with Crippen molar-refractivity contribution in [2.75, 3.05) is 5.32 Å². The molecule has 0 unspecified atom stereocenters. The van der Waals surface area contributed by atoms with Crippen LogP contribution in [0, 0.1) is 0 Å². The zero-order valence-corrected chi connectivity index (χ0v) is 20.6. The van der Waals surface area contributed by atoms with Gasteiger partial charge in [-0.05, 0) is 66.4 Å². The van der Waals surface area contributed by atoms with Crippen molar-refractivity contribution in [2.45, 2.75) is 32.2 Å². The van der Waals surface area contributed by atoms with E-state index < -0.39 is 34.2 Å². The van der Waals surface area contributed by atoms with Gasteiger partial charge in [0.25, 0.3) is 0 Å². The van der Waals surface area contributed by atoms with Gasteiger partial charge in [0.1, 0.15) is 0 Å². The Hall–Kier alpha value is -3.82. The Kier molecular flexibility index (Phi) is 7.03. The van der Waals surface area contributed by atoms with Crippen LogP contribution in [0.1, 0.15) is 30.5 Å². The molecule has 0 saturated carbocycles. The molecule has 4 aromatic rings. The quantitative estimate of drug-likeness (QED) is 0.239. The van der Waals surface area contributed by atoms with E-state index in [0.717, 1.165) is 34.3 Å². The summed E-state index contributed by atoms with van der Waals surface area (Å²) in [5, 5.41) is 15.4. The van der Waals surface area contributed by atoms with Gasteiger partial charge in [0.05, 0.1) is 21.9 Å². The van der Waals surface area contributed by atoms with Crippen molar-refractivity contribution in [3.05, 3.63) is 88.6 Å². The molecule has 0 aliphatic heterocycles. The Labute approximate surface area is 215 Å². The van der Waals surface area contributed by atoms with Crippen molar-refractivity contribution in [3.63, 3.8) is 0 Å². The lowest BCUT2D eigenvalue weighted by atomic mass is 9.94. The highest BCUT2D eigenvalue weighted by Gasteiger charge is 2.33. The standard InChI is InChI=1S/C27H23ClF3N3O3/c1-26(2,37)18-5-3-4-16(11-18)17-7-9-22-19(12-17)23(14-32-22)34-25(36)24(35)33-13-15-6-8-20(21(28)10-15)27(29,30)31/h3-12,14,32,37H,13H2,1-2H3,(H,33,35)(H,34,36). The third-order valence-corrected chi connectivity index (χ3v) is 6.14. The molecule has 3 aromatic carbocycles. The first kappa shape index (κ1) is 26.2. The largest absolute Gasteiger partial charge is 0.417 e. The Bertz CT molecular complexity index is 1490. The number of aromatic amines is 1. The lowest BCUT2D eigenvalue weighted by Crippen LogP contribution is -2.34. The van der Waals surface area contributed by atoms with Crippen LogP contribution in [0.3, 0.4) is 0 Å². The number of hydrogen-bond donors (Lipinski definition) is 4. The molecule has 4 N–H and O–H groups in total. The van der Waals surface area contributed by atoms with E-state index in [-0.39, 0.29) is 6.54 Å². The van der Waals surface area contributed by atoms with Gasteiger partial charge >= 0.3 is 18.0 Å². The summed E-state index contributed by atoms with van der Waals surface area (Å²) in [5.74, 6) is -1.90. The molecule has 0 atom stereocenters. The lowest BCUT2D eigenvalue weighted by Gasteiger charge is -2.18. The second kappa shape index (κ2) is 9.91. The summed E-state index contributed by atoms with van der Waals surface area (Å²) >= 11 is 5.70. The number of aromatic nitrogens is 1. The van der Waals surface area contributed by atoms with Crippen molar-refractivity contribution >= 4 is 40.0 Å². The fourth-order valence-electron chi connectivity index (χ4n) is 3.82. The van der Waals surface area contributed by atoms with Gasteiger partial charge < -0.3 is 20.7 Å². The zero-order chi connectivity index (χ0) is 27.0. The predicted molar refractivity (Wildman–Crippen MR) is 136 cm³/mol. The van der Waals surface area contributed by atoms with Crippen LogP contribution < -0.4 is 10.6 Å². The predicted octanol–water partition coefficient (Wildman–Crippen LogP) is 5.99. The highest BCUT2D eigenvalue weighted by atomic mass is 35.5. The van der Waals surface area contributed by atoms with Crippen molar-refractivity contribution in [1.29, 1.82) is 0 Å². The third-order valence-electron chi connectivity index (χ3n) is 5.83. The average Bonchev–Trinajstić information content (AvgIpc) is 3.23. The zero-order valence-electron chi connectivity index (χ0n) is 19.8.